The summed E-state index contributed by atoms with van der Waals surface area (Å²) < 4.78 is 18.1. The SMILES string of the molecule is CCOC(=O)C1=CN2CCN(Cc3ccc(F)c(Cl)c3)C(=O)C2C1=O. The summed E-state index contributed by atoms with van der Waals surface area (Å²) >= 11 is 5.76. The first kappa shape index (κ1) is 17.4. The molecular formula is C17H16ClFN2O4. The predicted molar refractivity (Wildman–Crippen MR) is 87.0 cm³/mol. The molecule has 0 radical (unpaired) electrons. The minimum absolute atomic E-state index is 0.0215. The van der Waals surface area contributed by atoms with Crippen molar-refractivity contribution in [2.45, 2.75) is 19.5 Å². The van der Waals surface area contributed by atoms with Gasteiger partial charge in [0.05, 0.1) is 11.6 Å². The Hall–Kier alpha value is -2.41. The van der Waals surface area contributed by atoms with E-state index in [1.807, 2.05) is 0 Å². The van der Waals surface area contributed by atoms with Crippen molar-refractivity contribution in [1.29, 1.82) is 0 Å². The summed E-state index contributed by atoms with van der Waals surface area (Å²) in [7, 11) is 0. The molecule has 2 aliphatic rings. The molecule has 1 atom stereocenters. The molecule has 0 spiro atoms. The van der Waals surface area contributed by atoms with E-state index in [2.05, 4.69) is 0 Å². The van der Waals surface area contributed by atoms with E-state index in [-0.39, 0.29) is 23.7 Å². The first-order chi connectivity index (χ1) is 11.9. The number of halogens is 2. The third kappa shape index (κ3) is 3.24. The Morgan fingerprint density at radius 1 is 1.36 bits per heavy atom. The van der Waals surface area contributed by atoms with Gasteiger partial charge in [-0.2, -0.15) is 0 Å². The van der Waals surface area contributed by atoms with E-state index in [0.29, 0.717) is 18.7 Å². The highest BCUT2D eigenvalue weighted by atomic mass is 35.5. The predicted octanol–water partition coefficient (Wildman–Crippen LogP) is 1.52. The average Bonchev–Trinajstić information content (AvgIpc) is 2.91. The molecule has 6 nitrogen and oxygen atoms in total. The van der Waals surface area contributed by atoms with Gasteiger partial charge < -0.3 is 14.5 Å². The zero-order valence-corrected chi connectivity index (χ0v) is 14.3. The van der Waals surface area contributed by atoms with Crippen LogP contribution in [0.4, 0.5) is 4.39 Å². The first-order valence-electron chi connectivity index (χ1n) is 7.84. The fourth-order valence-corrected chi connectivity index (χ4v) is 3.15. The van der Waals surface area contributed by atoms with Crippen molar-refractivity contribution in [2.24, 2.45) is 0 Å². The van der Waals surface area contributed by atoms with Gasteiger partial charge in [-0.1, -0.05) is 17.7 Å². The lowest BCUT2D eigenvalue weighted by Gasteiger charge is -2.36. The summed E-state index contributed by atoms with van der Waals surface area (Å²) in [4.78, 5) is 40.0. The minimum Gasteiger partial charge on any atom is -0.462 e. The zero-order chi connectivity index (χ0) is 18.1. The monoisotopic (exact) mass is 366 g/mol. The fraction of sp³-hybridized carbons (Fsp3) is 0.353. The molecule has 0 aliphatic carbocycles. The summed E-state index contributed by atoms with van der Waals surface area (Å²) in [5.41, 5.74) is 0.559. The van der Waals surface area contributed by atoms with E-state index >= 15 is 0 Å². The Kier molecular flexibility index (Phi) is 4.76. The van der Waals surface area contributed by atoms with Gasteiger partial charge in [0.2, 0.25) is 5.78 Å². The maximum atomic E-state index is 13.2. The molecule has 0 aromatic heterocycles. The molecule has 2 aliphatic heterocycles. The van der Waals surface area contributed by atoms with Gasteiger partial charge in [-0.25, -0.2) is 9.18 Å². The molecule has 0 N–H and O–H groups in total. The van der Waals surface area contributed by atoms with Gasteiger partial charge in [0.25, 0.3) is 5.91 Å². The molecule has 1 aromatic carbocycles. The number of ketones is 1. The Morgan fingerprint density at radius 3 is 2.80 bits per heavy atom. The fourth-order valence-electron chi connectivity index (χ4n) is 2.95. The normalized spacial score (nSPS) is 19.8. The molecule has 2 heterocycles. The largest absolute Gasteiger partial charge is 0.462 e. The van der Waals surface area contributed by atoms with Crippen LogP contribution in [0.2, 0.25) is 5.02 Å². The average molecular weight is 367 g/mol. The maximum absolute atomic E-state index is 13.2. The molecule has 25 heavy (non-hydrogen) atoms. The van der Waals surface area contributed by atoms with Crippen molar-refractivity contribution in [2.75, 3.05) is 19.7 Å². The maximum Gasteiger partial charge on any atom is 0.343 e. The smallest absolute Gasteiger partial charge is 0.343 e. The van der Waals surface area contributed by atoms with Crippen LogP contribution in [0.25, 0.3) is 0 Å². The number of benzene rings is 1. The molecule has 1 fully saturated rings. The van der Waals surface area contributed by atoms with Crippen LogP contribution in [0.1, 0.15) is 12.5 Å². The Labute approximate surface area is 148 Å². The Bertz CT molecular complexity index is 780. The number of rotatable bonds is 4. The number of carbonyl (C=O) groups is 3. The van der Waals surface area contributed by atoms with E-state index in [9.17, 15) is 18.8 Å². The summed E-state index contributed by atoms with van der Waals surface area (Å²) in [5, 5.41) is -0.0215. The summed E-state index contributed by atoms with van der Waals surface area (Å²) in [6.45, 7) is 2.81. The highest BCUT2D eigenvalue weighted by Gasteiger charge is 2.46. The van der Waals surface area contributed by atoms with Crippen LogP contribution in [-0.2, 0) is 25.7 Å². The number of hydrogen-bond acceptors (Lipinski definition) is 5. The molecule has 1 amide bonds. The lowest BCUT2D eigenvalue weighted by atomic mass is 10.0. The molecule has 0 bridgehead atoms. The standard InChI is InChI=1S/C17H16ClFN2O4/c1-2-25-17(24)11-9-20-5-6-21(16(23)14(20)15(11)22)8-10-3-4-13(19)12(18)7-10/h3-4,7,9,14H,2,5-6,8H2,1H3. The van der Waals surface area contributed by atoms with Gasteiger partial charge in [-0.05, 0) is 24.6 Å². The van der Waals surface area contributed by atoms with Crippen LogP contribution in [-0.4, -0.2) is 53.2 Å². The van der Waals surface area contributed by atoms with E-state index in [4.69, 9.17) is 16.3 Å². The summed E-state index contributed by atoms with van der Waals surface area (Å²) in [5.74, 6) is -2.19. The second-order valence-corrected chi connectivity index (χ2v) is 6.18. The second-order valence-electron chi connectivity index (χ2n) is 5.78. The summed E-state index contributed by atoms with van der Waals surface area (Å²) in [6, 6.07) is 3.19. The highest BCUT2D eigenvalue weighted by molar-refractivity contribution is 6.30. The number of carbonyl (C=O) groups excluding carboxylic acids is 3. The Morgan fingerprint density at radius 2 is 2.12 bits per heavy atom. The van der Waals surface area contributed by atoms with Crippen molar-refractivity contribution in [3.05, 3.63) is 46.4 Å². The molecule has 1 aromatic rings. The number of amides is 1. The molecule has 1 saturated heterocycles. The number of piperazine rings is 1. The van der Waals surface area contributed by atoms with E-state index in [0.717, 1.165) is 0 Å². The number of nitrogens with zero attached hydrogens (tertiary/aromatic N) is 2. The molecule has 132 valence electrons. The topological polar surface area (TPSA) is 66.9 Å². The molecule has 8 heteroatoms. The summed E-state index contributed by atoms with van der Waals surface area (Å²) in [6.07, 6.45) is 1.40. The highest BCUT2D eigenvalue weighted by Crippen LogP contribution is 2.26. The lowest BCUT2D eigenvalue weighted by molar-refractivity contribution is -0.144. The van der Waals surface area contributed by atoms with Crippen molar-refractivity contribution < 1.29 is 23.5 Å². The minimum atomic E-state index is -1.04. The van der Waals surface area contributed by atoms with Crippen molar-refractivity contribution in [1.82, 2.24) is 9.80 Å². The van der Waals surface area contributed by atoms with Gasteiger partial charge in [0.15, 0.2) is 6.04 Å². The molecule has 0 saturated carbocycles. The van der Waals surface area contributed by atoms with Crippen LogP contribution < -0.4 is 0 Å². The van der Waals surface area contributed by atoms with E-state index in [1.54, 1.807) is 17.9 Å². The van der Waals surface area contributed by atoms with Crippen LogP contribution in [0.3, 0.4) is 0 Å². The van der Waals surface area contributed by atoms with E-state index in [1.165, 1.54) is 23.2 Å². The van der Waals surface area contributed by atoms with Gasteiger partial charge in [0.1, 0.15) is 11.4 Å². The van der Waals surface area contributed by atoms with Crippen LogP contribution in [0, 0.1) is 5.82 Å². The van der Waals surface area contributed by atoms with Gasteiger partial charge in [0, 0.05) is 25.8 Å². The number of ether oxygens (including phenoxy) is 1. The number of esters is 1. The van der Waals surface area contributed by atoms with Gasteiger partial charge in [-0.15, -0.1) is 0 Å². The Balaban J connectivity index is 1.74. The molecule has 1 unspecified atom stereocenters. The molecular weight excluding hydrogens is 351 g/mol. The quantitative estimate of drug-likeness (QED) is 0.459. The first-order valence-corrected chi connectivity index (χ1v) is 8.21. The van der Waals surface area contributed by atoms with Gasteiger partial charge in [-0.3, -0.25) is 9.59 Å². The molecule has 3 rings (SSSR count). The van der Waals surface area contributed by atoms with Crippen LogP contribution in [0.15, 0.2) is 30.0 Å². The second kappa shape index (κ2) is 6.84. The van der Waals surface area contributed by atoms with Crippen molar-refractivity contribution in [3.8, 4) is 0 Å². The third-order valence-electron chi connectivity index (χ3n) is 4.17. The van der Waals surface area contributed by atoms with Gasteiger partial charge >= 0.3 is 5.97 Å². The lowest BCUT2D eigenvalue weighted by Crippen LogP contribution is -2.55. The zero-order valence-electron chi connectivity index (χ0n) is 13.5. The number of hydrogen-bond donors (Lipinski definition) is 0. The number of Topliss-reactive ketones (excluding diaryl/α,β-unsaturated/α-hetero) is 1. The third-order valence-corrected chi connectivity index (χ3v) is 4.46. The van der Waals surface area contributed by atoms with Crippen LogP contribution in [0.5, 0.6) is 0 Å². The number of fused-ring (bicyclic) bond motifs is 1. The van der Waals surface area contributed by atoms with Crippen LogP contribution >= 0.6 is 11.6 Å². The van der Waals surface area contributed by atoms with Crippen molar-refractivity contribution in [3.63, 3.8) is 0 Å². The van der Waals surface area contributed by atoms with Crippen molar-refractivity contribution >= 4 is 29.3 Å². The van der Waals surface area contributed by atoms with E-state index < -0.39 is 29.5 Å².